The van der Waals surface area contributed by atoms with E-state index in [9.17, 15) is 21.6 Å². The van der Waals surface area contributed by atoms with Gasteiger partial charge in [-0.25, -0.2) is 26.3 Å². The highest BCUT2D eigenvalue weighted by Crippen LogP contribution is 2.20. The Morgan fingerprint density at radius 2 is 1.79 bits per heavy atom. The van der Waals surface area contributed by atoms with Crippen LogP contribution in [0.5, 0.6) is 0 Å². The fraction of sp³-hybridized carbons (Fsp3) is 0.455. The summed E-state index contributed by atoms with van der Waals surface area (Å²) < 4.78 is 64.9. The summed E-state index contributed by atoms with van der Waals surface area (Å²) in [4.78, 5) is -0.969. The first-order valence-corrected chi connectivity index (χ1v) is 6.95. The molecule has 2 unspecified atom stereocenters. The van der Waals surface area contributed by atoms with Crippen LogP contribution in [0.4, 0.5) is 13.2 Å². The third-order valence-electron chi connectivity index (χ3n) is 2.77. The Morgan fingerprint density at radius 3 is 2.32 bits per heavy atom. The van der Waals surface area contributed by atoms with Crippen LogP contribution in [0.25, 0.3) is 0 Å². The van der Waals surface area contributed by atoms with Gasteiger partial charge in [-0.2, -0.15) is 0 Å². The van der Waals surface area contributed by atoms with Gasteiger partial charge in [-0.3, -0.25) is 0 Å². The van der Waals surface area contributed by atoms with E-state index in [4.69, 9.17) is 5.11 Å². The highest BCUT2D eigenvalue weighted by Gasteiger charge is 2.26. The zero-order valence-electron chi connectivity index (χ0n) is 10.3. The number of sulfonamides is 1. The van der Waals surface area contributed by atoms with Gasteiger partial charge < -0.3 is 5.11 Å². The van der Waals surface area contributed by atoms with Crippen molar-refractivity contribution in [1.82, 2.24) is 4.72 Å². The minimum Gasteiger partial charge on any atom is -0.396 e. The number of hydrogen-bond donors (Lipinski definition) is 2. The van der Waals surface area contributed by atoms with Crippen LogP contribution in [0.3, 0.4) is 0 Å². The zero-order chi connectivity index (χ0) is 14.8. The predicted molar refractivity (Wildman–Crippen MR) is 62.3 cm³/mol. The predicted octanol–water partition coefficient (Wildman–Crippen LogP) is 1.40. The van der Waals surface area contributed by atoms with Gasteiger partial charge in [0.1, 0.15) is 4.90 Å². The van der Waals surface area contributed by atoms with E-state index >= 15 is 0 Å². The highest BCUT2D eigenvalue weighted by atomic mass is 32.2. The molecule has 0 saturated heterocycles. The van der Waals surface area contributed by atoms with Crippen LogP contribution in [0.1, 0.15) is 13.8 Å². The molecule has 0 aliphatic carbocycles. The van der Waals surface area contributed by atoms with E-state index in [0.29, 0.717) is 12.1 Å². The lowest BCUT2D eigenvalue weighted by atomic mass is 10.1. The van der Waals surface area contributed by atoms with Crippen LogP contribution in [-0.2, 0) is 10.0 Å². The second kappa shape index (κ2) is 5.89. The minimum absolute atomic E-state index is 0.274. The molecular weight excluding hydrogens is 283 g/mol. The number of halogens is 3. The zero-order valence-corrected chi connectivity index (χ0v) is 11.1. The van der Waals surface area contributed by atoms with Crippen molar-refractivity contribution in [2.24, 2.45) is 5.92 Å². The molecule has 0 aliphatic heterocycles. The van der Waals surface area contributed by atoms with Crippen molar-refractivity contribution >= 4 is 10.0 Å². The van der Waals surface area contributed by atoms with Gasteiger partial charge in [0.2, 0.25) is 10.0 Å². The summed E-state index contributed by atoms with van der Waals surface area (Å²) in [5, 5.41) is 8.89. The van der Waals surface area contributed by atoms with Crippen LogP contribution in [0.15, 0.2) is 17.0 Å². The molecular formula is C11H14F3NO3S. The summed E-state index contributed by atoms with van der Waals surface area (Å²) in [6.07, 6.45) is 0. The molecule has 1 aromatic rings. The lowest BCUT2D eigenvalue weighted by molar-refractivity contribution is 0.216. The average molecular weight is 297 g/mol. The van der Waals surface area contributed by atoms with E-state index in [-0.39, 0.29) is 6.61 Å². The number of hydrogen-bond acceptors (Lipinski definition) is 3. The van der Waals surface area contributed by atoms with E-state index in [0.717, 1.165) is 0 Å². The first kappa shape index (κ1) is 15.9. The maximum Gasteiger partial charge on any atom is 0.243 e. The standard InChI is InChI=1S/C11H14F3NO3S/c1-6(5-16)7(2)15-19(17,18)9-4-3-8(12)10(13)11(9)14/h3-4,6-7,15-16H,5H2,1-2H3. The molecule has 2 atom stereocenters. The Kier molecular flexibility index (Phi) is 4.94. The molecule has 0 heterocycles. The second-order valence-electron chi connectivity index (χ2n) is 4.24. The molecule has 0 radical (unpaired) electrons. The molecule has 19 heavy (non-hydrogen) atoms. The van der Waals surface area contributed by atoms with Crippen LogP contribution in [0.2, 0.25) is 0 Å². The van der Waals surface area contributed by atoms with Crippen LogP contribution < -0.4 is 4.72 Å². The molecule has 1 rings (SSSR count). The Labute approximate surface area is 109 Å². The quantitative estimate of drug-likeness (QED) is 0.807. The molecule has 0 fully saturated rings. The average Bonchev–Trinajstić information content (AvgIpc) is 2.33. The van der Waals surface area contributed by atoms with Gasteiger partial charge >= 0.3 is 0 Å². The molecule has 0 aromatic heterocycles. The van der Waals surface area contributed by atoms with Crippen molar-refractivity contribution in [3.63, 3.8) is 0 Å². The number of aliphatic hydroxyl groups is 1. The highest BCUT2D eigenvalue weighted by molar-refractivity contribution is 7.89. The number of benzene rings is 1. The summed E-state index contributed by atoms with van der Waals surface area (Å²) >= 11 is 0. The molecule has 0 saturated carbocycles. The fourth-order valence-corrected chi connectivity index (χ4v) is 2.72. The van der Waals surface area contributed by atoms with E-state index < -0.39 is 44.3 Å². The van der Waals surface area contributed by atoms with Gasteiger partial charge in [0.25, 0.3) is 0 Å². The first-order chi connectivity index (χ1) is 8.70. The fourth-order valence-electron chi connectivity index (χ4n) is 1.30. The summed E-state index contributed by atoms with van der Waals surface area (Å²) in [6, 6.07) is 0.488. The van der Waals surface area contributed by atoms with Gasteiger partial charge in [0.15, 0.2) is 17.5 Å². The molecule has 8 heteroatoms. The first-order valence-electron chi connectivity index (χ1n) is 5.47. The third-order valence-corrected chi connectivity index (χ3v) is 4.35. The van der Waals surface area contributed by atoms with Gasteiger partial charge in [0.05, 0.1) is 0 Å². The topological polar surface area (TPSA) is 66.4 Å². The molecule has 0 amide bonds. The van der Waals surface area contributed by atoms with Gasteiger partial charge in [-0.1, -0.05) is 6.92 Å². The van der Waals surface area contributed by atoms with E-state index in [1.165, 1.54) is 6.92 Å². The molecule has 2 N–H and O–H groups in total. The molecule has 0 bridgehead atoms. The van der Waals surface area contributed by atoms with Crippen molar-refractivity contribution < 1.29 is 26.7 Å². The molecule has 0 spiro atoms. The SMILES string of the molecule is CC(CO)C(C)NS(=O)(=O)c1ccc(F)c(F)c1F. The molecule has 4 nitrogen and oxygen atoms in total. The second-order valence-corrected chi connectivity index (χ2v) is 5.93. The summed E-state index contributed by atoms with van der Waals surface area (Å²) in [6.45, 7) is 2.77. The van der Waals surface area contributed by atoms with Gasteiger partial charge in [-0.05, 0) is 25.0 Å². The Bertz CT molecular complexity index is 563. The Balaban J connectivity index is 3.12. The monoisotopic (exact) mass is 297 g/mol. The van der Waals surface area contributed by atoms with Crippen molar-refractivity contribution in [1.29, 1.82) is 0 Å². The molecule has 0 aliphatic rings. The smallest absolute Gasteiger partial charge is 0.243 e. The lowest BCUT2D eigenvalue weighted by Gasteiger charge is -2.19. The Hall–Kier alpha value is -1.12. The summed E-state index contributed by atoms with van der Waals surface area (Å²) in [5.74, 6) is -5.49. The molecule has 1 aromatic carbocycles. The number of nitrogens with one attached hydrogen (secondary N) is 1. The van der Waals surface area contributed by atoms with Crippen molar-refractivity contribution in [2.45, 2.75) is 24.8 Å². The van der Waals surface area contributed by atoms with Crippen molar-refractivity contribution in [3.8, 4) is 0 Å². The van der Waals surface area contributed by atoms with Crippen molar-refractivity contribution in [2.75, 3.05) is 6.61 Å². The summed E-state index contributed by atoms with van der Waals surface area (Å²) in [5.41, 5.74) is 0. The lowest BCUT2D eigenvalue weighted by Crippen LogP contribution is -2.38. The van der Waals surface area contributed by atoms with E-state index in [1.54, 1.807) is 6.92 Å². The maximum absolute atomic E-state index is 13.4. The van der Waals surface area contributed by atoms with E-state index in [1.807, 2.05) is 0 Å². The van der Waals surface area contributed by atoms with Crippen LogP contribution >= 0.6 is 0 Å². The van der Waals surface area contributed by atoms with Crippen molar-refractivity contribution in [3.05, 3.63) is 29.6 Å². The minimum atomic E-state index is -4.33. The van der Waals surface area contributed by atoms with Crippen LogP contribution in [-0.4, -0.2) is 26.2 Å². The van der Waals surface area contributed by atoms with E-state index in [2.05, 4.69) is 4.72 Å². The van der Waals surface area contributed by atoms with Crippen LogP contribution in [0, 0.1) is 23.4 Å². The number of rotatable bonds is 5. The normalized spacial score (nSPS) is 15.3. The Morgan fingerprint density at radius 1 is 1.21 bits per heavy atom. The third kappa shape index (κ3) is 3.46. The summed E-state index contributed by atoms with van der Waals surface area (Å²) in [7, 11) is -4.33. The maximum atomic E-state index is 13.4. The molecule has 108 valence electrons. The largest absolute Gasteiger partial charge is 0.396 e. The number of aliphatic hydroxyl groups excluding tert-OH is 1. The van der Waals surface area contributed by atoms with Gasteiger partial charge in [-0.15, -0.1) is 0 Å². The van der Waals surface area contributed by atoms with Gasteiger partial charge in [0, 0.05) is 12.6 Å².